The molecule has 0 bridgehead atoms. The van der Waals surface area contributed by atoms with Crippen molar-refractivity contribution >= 4 is 0 Å². The molecule has 2 N–H and O–H groups in total. The van der Waals surface area contributed by atoms with Gasteiger partial charge in [0.25, 0.3) is 0 Å². The summed E-state index contributed by atoms with van der Waals surface area (Å²) in [5.41, 5.74) is 0. The summed E-state index contributed by atoms with van der Waals surface area (Å²) in [5, 5.41) is 14.0. The van der Waals surface area contributed by atoms with E-state index >= 15 is 0 Å². The van der Waals surface area contributed by atoms with E-state index in [1.807, 2.05) is 0 Å². The van der Waals surface area contributed by atoms with Crippen LogP contribution in [0.15, 0.2) is 0 Å². The van der Waals surface area contributed by atoms with Crippen molar-refractivity contribution in [1.82, 2.24) is 5.32 Å². The van der Waals surface area contributed by atoms with Crippen molar-refractivity contribution in [3.8, 4) is 0 Å². The Bertz CT molecular complexity index is 854. The zero-order chi connectivity index (χ0) is 9.35. The fourth-order valence-electron chi connectivity index (χ4n) is 18.2. The number of aliphatic hydroxyl groups excluding tert-OH is 1. The van der Waals surface area contributed by atoms with E-state index in [2.05, 4.69) is 12.4 Å². The topological polar surface area (TPSA) is 32.3 Å². The van der Waals surface area contributed by atoms with Gasteiger partial charge in [-0.2, -0.15) is 0 Å². The van der Waals surface area contributed by atoms with Crippen LogP contribution in [0.5, 0.6) is 0 Å². The van der Waals surface area contributed by atoms with Gasteiger partial charge in [-0.15, -0.1) is 0 Å². The van der Waals surface area contributed by atoms with Crippen molar-refractivity contribution in [1.29, 1.82) is 0 Å². The van der Waals surface area contributed by atoms with Crippen LogP contribution in [0.1, 0.15) is 0 Å². The molecule has 10 fully saturated rings. The maximum atomic E-state index is 10.2. The molecule has 0 aromatic carbocycles. The van der Waals surface area contributed by atoms with Gasteiger partial charge in [0.05, 0.1) is 0 Å². The second-order valence-electron chi connectivity index (χ2n) is 10.3. The molecule has 15 heavy (non-hydrogen) atoms. The van der Waals surface area contributed by atoms with Gasteiger partial charge in [-0.1, -0.05) is 0 Å². The van der Waals surface area contributed by atoms with E-state index in [-0.39, 0.29) is 0 Å². The Kier molecular flexibility index (Phi) is 0.135. The molecule has 0 aromatic rings. The van der Waals surface area contributed by atoms with Crippen LogP contribution in [0.2, 0.25) is 42.8 Å². The summed E-state index contributed by atoms with van der Waals surface area (Å²) in [7, 11) is 2.25. The fourth-order valence-corrected chi connectivity index (χ4v) is 94.2. The van der Waals surface area contributed by atoms with Crippen LogP contribution in [0, 0.1) is 0 Å². The summed E-state index contributed by atoms with van der Waals surface area (Å²) in [4.78, 5) is 10.3. The Labute approximate surface area is 78.1 Å². The molecule has 0 radical (unpaired) electrons. The Morgan fingerprint density at radius 2 is 1.67 bits per heavy atom. The van der Waals surface area contributed by atoms with Crippen LogP contribution in [0.4, 0.5) is 0 Å². The molecule has 2 nitrogen and oxygen atoms in total. The Morgan fingerprint density at radius 1 is 1.07 bits per heavy atom. The number of fused-ring (bicyclic) bond motifs is 10. The van der Waals surface area contributed by atoms with Gasteiger partial charge < -0.3 is 0 Å². The van der Waals surface area contributed by atoms with Crippen LogP contribution in [0.3, 0.4) is 0 Å². The normalized spacial score (nSPS) is 139. The number of hydrogen-bond donors (Lipinski definition) is 2. The van der Waals surface area contributed by atoms with E-state index < -0.39 is 6.51 Å². The average Bonchev–Trinajstić information content (AvgIpc) is 3.21. The van der Waals surface area contributed by atoms with Gasteiger partial charge in [0, 0.05) is 0 Å². The summed E-state index contributed by atoms with van der Waals surface area (Å²) >= 11 is 0. The van der Waals surface area contributed by atoms with E-state index in [4.69, 9.17) is 0 Å². The van der Waals surface area contributed by atoms with Crippen molar-refractivity contribution < 1.29 is 11.6 Å². The quantitative estimate of drug-likeness (QED) is 0.728. The third-order valence-corrected chi connectivity index (χ3v) is 59.1. The third-order valence-electron chi connectivity index (χ3n) is 15.8. The molecule has 0 amide bonds. The van der Waals surface area contributed by atoms with Gasteiger partial charge in [0.1, 0.15) is 0 Å². The second-order valence-corrected chi connectivity index (χ2v) is 33.6. The summed E-state index contributed by atoms with van der Waals surface area (Å²) in [5.74, 6) is 0. The summed E-state index contributed by atoms with van der Waals surface area (Å²) in [6.45, 7) is -2.47. The molecule has 10 rings (SSSR count). The van der Waals surface area contributed by atoms with E-state index in [0.717, 1.165) is 0 Å². The van der Waals surface area contributed by atoms with Gasteiger partial charge in [-0.25, -0.2) is 0 Å². The van der Waals surface area contributed by atoms with E-state index in [1.54, 1.807) is 0 Å². The van der Waals surface area contributed by atoms with Crippen LogP contribution < -0.4 is 5.32 Å². The molecule has 3 heteroatoms. The first-order valence-electron chi connectivity index (χ1n) is 6.57. The summed E-state index contributed by atoms with van der Waals surface area (Å²) in [6, 6.07) is 0. The van der Waals surface area contributed by atoms with Gasteiger partial charge in [0.2, 0.25) is 0 Å². The summed E-state index contributed by atoms with van der Waals surface area (Å²) in [6.07, 6.45) is 0. The van der Waals surface area contributed by atoms with Crippen molar-refractivity contribution in [3.05, 3.63) is 0 Å². The molecule has 5 atom stereocenters. The molecule has 0 aromatic heterocycles. The number of nitrogens with one attached hydrogen (secondary N) is 1. The molecule has 10 saturated heterocycles. The monoisotopic (exact) mass is 245 g/mol. The SMILES string of the molecule is CN[C]12[CH]3[CH]4[CH]5[C]1(CO)[Fe]45321678[CH]2[CH]1[CH]6[CH]7[CH]28. The minimum absolute atomic E-state index is 0.608. The predicted molar refractivity (Wildman–Crippen MR) is 51.6 cm³/mol. The van der Waals surface area contributed by atoms with Gasteiger partial charge in [-0.05, 0) is 0 Å². The molecule has 1 spiro atoms. The maximum absolute atomic E-state index is 10.2. The fraction of sp³-hybridized carbons (Fsp3) is 1.00. The van der Waals surface area contributed by atoms with Crippen molar-refractivity contribution in [2.45, 2.75) is 47.3 Å². The standard InChI is InChI=1S/C7H10NO.C5H5.Fe/c1-8-7-4-2-3-6(7)5-9;1-2-4-5-3-1;/h2-4,8-9H,5H2,1H3;1-5H;. The van der Waals surface area contributed by atoms with Crippen molar-refractivity contribution in [2.24, 2.45) is 0 Å². The third kappa shape index (κ3) is 0.0410. The first kappa shape index (κ1) is 5.39. The Hall–Kier alpha value is 0.439. The van der Waals surface area contributed by atoms with Gasteiger partial charge in [-0.3, -0.25) is 0 Å². The average molecular weight is 245 g/mol. The molecule has 0 aliphatic carbocycles. The molecule has 10 aliphatic rings. The first-order chi connectivity index (χ1) is 7.06. The van der Waals surface area contributed by atoms with Gasteiger partial charge >= 0.3 is 77.9 Å². The molecule has 0 saturated carbocycles. The zero-order valence-electron chi connectivity index (χ0n) is 8.63. The predicted octanol–water partition coefficient (Wildman–Crippen LogP) is 1.87. The van der Waals surface area contributed by atoms with Crippen LogP contribution in [-0.4, -0.2) is 23.2 Å². The zero-order valence-corrected chi connectivity index (χ0v) is 9.73. The van der Waals surface area contributed by atoms with E-state index in [9.17, 15) is 5.11 Å². The number of aliphatic hydroxyl groups is 1. The molecule has 5 unspecified atom stereocenters. The Balaban J connectivity index is 1.90. The molecular weight excluding hydrogens is 230 g/mol. The van der Waals surface area contributed by atoms with Crippen LogP contribution in [0.25, 0.3) is 0 Å². The van der Waals surface area contributed by atoms with Crippen molar-refractivity contribution in [3.63, 3.8) is 0 Å². The minimum atomic E-state index is -3.08. The van der Waals surface area contributed by atoms with Crippen LogP contribution >= 0.6 is 0 Å². The van der Waals surface area contributed by atoms with Crippen LogP contribution in [-0.2, 0) is 6.51 Å². The van der Waals surface area contributed by atoms with E-state index in [1.165, 1.54) is 38.5 Å². The second kappa shape index (κ2) is 0.375. The summed E-state index contributed by atoms with van der Waals surface area (Å²) < 4.78 is 1.31. The molecular formula is C12H15FeNO. The van der Waals surface area contributed by atoms with Crippen molar-refractivity contribution in [2.75, 3.05) is 13.7 Å². The van der Waals surface area contributed by atoms with Gasteiger partial charge in [0.15, 0.2) is 0 Å². The molecule has 10 heterocycles. The first-order valence-corrected chi connectivity index (χ1v) is 12.8. The Morgan fingerprint density at radius 3 is 1.87 bits per heavy atom. The van der Waals surface area contributed by atoms with E-state index in [0.29, 0.717) is 15.4 Å². The number of rotatable bonds is 2. The molecule has 10 aliphatic heterocycles. The number of hydrogen-bond acceptors (Lipinski definition) is 2. The molecule has 82 valence electrons.